The van der Waals surface area contributed by atoms with E-state index in [1.807, 2.05) is 25.1 Å². The second kappa shape index (κ2) is 6.28. The van der Waals surface area contributed by atoms with Crippen molar-refractivity contribution < 1.29 is 13.9 Å². The lowest BCUT2D eigenvalue weighted by atomic mass is 10.2. The fourth-order valence-corrected chi connectivity index (χ4v) is 2.69. The van der Waals surface area contributed by atoms with Crippen LogP contribution < -0.4 is 15.0 Å². The van der Waals surface area contributed by atoms with Crippen LogP contribution >= 0.6 is 0 Å². The van der Waals surface area contributed by atoms with Gasteiger partial charge in [0.25, 0.3) is 0 Å². The molecule has 1 aromatic heterocycles. The minimum absolute atomic E-state index is 0.126. The van der Waals surface area contributed by atoms with E-state index in [1.165, 1.54) is 0 Å². The molecular weight excluding hydrogens is 296 g/mol. The summed E-state index contributed by atoms with van der Waals surface area (Å²) >= 11 is 0. The van der Waals surface area contributed by atoms with Gasteiger partial charge in [0.1, 0.15) is 11.8 Å². The third-order valence-electron chi connectivity index (χ3n) is 3.84. The van der Waals surface area contributed by atoms with E-state index < -0.39 is 0 Å². The Bertz CT molecular complexity index is 713. The van der Waals surface area contributed by atoms with Crippen LogP contribution in [0, 0.1) is 6.92 Å². The van der Waals surface area contributed by atoms with Gasteiger partial charge < -0.3 is 19.4 Å². The number of nitrogens with zero attached hydrogens (tertiary/aromatic N) is 3. The lowest BCUT2D eigenvalue weighted by molar-refractivity contribution is -0.117. The molecule has 122 valence electrons. The van der Waals surface area contributed by atoms with Gasteiger partial charge in [-0.1, -0.05) is 0 Å². The third kappa shape index (κ3) is 3.13. The van der Waals surface area contributed by atoms with E-state index in [4.69, 9.17) is 9.15 Å². The summed E-state index contributed by atoms with van der Waals surface area (Å²) in [5, 5.41) is 11.2. The number of ether oxygens (including phenoxy) is 1. The van der Waals surface area contributed by atoms with Crippen molar-refractivity contribution in [2.75, 3.05) is 23.9 Å². The molecule has 1 aliphatic rings. The predicted molar refractivity (Wildman–Crippen MR) is 85.7 cm³/mol. The van der Waals surface area contributed by atoms with Crippen molar-refractivity contribution in [3.8, 4) is 5.75 Å². The van der Waals surface area contributed by atoms with Crippen LogP contribution in [0.5, 0.6) is 5.75 Å². The minimum atomic E-state index is -0.133. The summed E-state index contributed by atoms with van der Waals surface area (Å²) in [4.78, 5) is 13.8. The predicted octanol–water partition coefficient (Wildman–Crippen LogP) is 2.69. The summed E-state index contributed by atoms with van der Waals surface area (Å²) in [6.07, 6.45) is 1.45. The molecule has 1 fully saturated rings. The van der Waals surface area contributed by atoms with E-state index in [9.17, 15) is 4.79 Å². The smallest absolute Gasteiger partial charge is 0.238 e. The van der Waals surface area contributed by atoms with Gasteiger partial charge in [-0.05, 0) is 31.5 Å². The van der Waals surface area contributed by atoms with Gasteiger partial charge in [-0.2, -0.15) is 0 Å². The molecular formula is C16H20N4O3. The lowest BCUT2D eigenvalue weighted by Crippen LogP contribution is -2.24. The maximum atomic E-state index is 12.0. The van der Waals surface area contributed by atoms with Crippen LogP contribution in [0.3, 0.4) is 0 Å². The van der Waals surface area contributed by atoms with E-state index in [0.717, 1.165) is 24.3 Å². The van der Waals surface area contributed by atoms with Crippen LogP contribution in [0.2, 0.25) is 0 Å². The molecule has 1 amide bonds. The zero-order valence-electron chi connectivity index (χ0n) is 13.5. The van der Waals surface area contributed by atoms with E-state index in [-0.39, 0.29) is 11.9 Å². The number of aromatic nitrogens is 2. The van der Waals surface area contributed by atoms with Gasteiger partial charge >= 0.3 is 0 Å². The molecule has 1 aromatic carbocycles. The summed E-state index contributed by atoms with van der Waals surface area (Å²) in [6.45, 7) is 4.42. The molecule has 1 N–H and O–H groups in total. The molecule has 0 radical (unpaired) electrons. The van der Waals surface area contributed by atoms with E-state index in [2.05, 4.69) is 15.5 Å². The van der Waals surface area contributed by atoms with Crippen molar-refractivity contribution in [1.29, 1.82) is 0 Å². The van der Waals surface area contributed by atoms with Crippen LogP contribution in [0.15, 0.2) is 22.6 Å². The summed E-state index contributed by atoms with van der Waals surface area (Å²) < 4.78 is 10.8. The first-order valence-corrected chi connectivity index (χ1v) is 7.63. The average molecular weight is 316 g/mol. The molecule has 0 saturated carbocycles. The van der Waals surface area contributed by atoms with E-state index in [0.29, 0.717) is 24.0 Å². The largest absolute Gasteiger partial charge is 0.495 e. The number of hydrogen-bond donors (Lipinski definition) is 1. The van der Waals surface area contributed by atoms with E-state index >= 15 is 0 Å². The Labute approximate surface area is 134 Å². The topological polar surface area (TPSA) is 80.5 Å². The Hall–Kier alpha value is -2.57. The zero-order valence-corrected chi connectivity index (χ0v) is 13.5. The third-order valence-corrected chi connectivity index (χ3v) is 3.84. The van der Waals surface area contributed by atoms with Gasteiger partial charge in [0.05, 0.1) is 12.8 Å². The normalized spacial score (nSPS) is 15.8. The Balaban J connectivity index is 1.84. The van der Waals surface area contributed by atoms with E-state index in [1.54, 1.807) is 18.9 Å². The number of hydrogen-bond acceptors (Lipinski definition) is 6. The Kier molecular flexibility index (Phi) is 4.18. The summed E-state index contributed by atoms with van der Waals surface area (Å²) in [6, 6.07) is 5.55. The first kappa shape index (κ1) is 15.3. The number of benzene rings is 1. The molecule has 1 atom stereocenters. The van der Waals surface area contributed by atoms with Gasteiger partial charge in [0.2, 0.25) is 17.7 Å². The molecule has 7 heteroatoms. The quantitative estimate of drug-likeness (QED) is 0.913. The van der Waals surface area contributed by atoms with Gasteiger partial charge in [0.15, 0.2) is 0 Å². The van der Waals surface area contributed by atoms with Crippen LogP contribution in [0.1, 0.15) is 37.6 Å². The minimum Gasteiger partial charge on any atom is -0.495 e. The van der Waals surface area contributed by atoms with Gasteiger partial charge in [-0.3, -0.25) is 4.79 Å². The molecule has 0 spiro atoms. The number of aryl methyl sites for hydroxylation is 1. The molecule has 2 aromatic rings. The Morgan fingerprint density at radius 1 is 1.39 bits per heavy atom. The number of anilines is 2. The number of carbonyl (C=O) groups excluding carboxylic acids is 1. The van der Waals surface area contributed by atoms with Crippen molar-refractivity contribution in [2.24, 2.45) is 0 Å². The molecule has 0 aliphatic carbocycles. The highest BCUT2D eigenvalue weighted by atomic mass is 16.5. The van der Waals surface area contributed by atoms with Crippen molar-refractivity contribution in [3.05, 3.63) is 30.0 Å². The maximum Gasteiger partial charge on any atom is 0.238 e. The van der Waals surface area contributed by atoms with Crippen molar-refractivity contribution in [1.82, 2.24) is 10.2 Å². The average Bonchev–Trinajstić information content (AvgIpc) is 3.15. The summed E-state index contributed by atoms with van der Waals surface area (Å²) in [5.41, 5.74) is 1.65. The highest BCUT2D eigenvalue weighted by molar-refractivity contribution is 5.97. The van der Waals surface area contributed by atoms with Gasteiger partial charge in [-0.15, -0.1) is 10.2 Å². The number of rotatable bonds is 5. The monoisotopic (exact) mass is 316 g/mol. The summed E-state index contributed by atoms with van der Waals surface area (Å²) in [5.74, 6) is 1.87. The second-order valence-corrected chi connectivity index (χ2v) is 5.56. The van der Waals surface area contributed by atoms with Crippen LogP contribution in [0.25, 0.3) is 0 Å². The second-order valence-electron chi connectivity index (χ2n) is 5.56. The number of nitrogens with one attached hydrogen (secondary N) is 1. The Morgan fingerprint density at radius 3 is 2.83 bits per heavy atom. The molecule has 1 saturated heterocycles. The number of methoxy groups -OCH3 is 1. The van der Waals surface area contributed by atoms with Gasteiger partial charge in [0, 0.05) is 25.6 Å². The highest BCUT2D eigenvalue weighted by Gasteiger charge is 2.25. The standard InChI is InChI=1S/C16H20N4O3/c1-10(16-19-18-11(2)23-16)17-12-6-7-14(22-3)13(9-12)20-8-4-5-15(20)21/h6-7,9-10,17H,4-5,8H2,1-3H3/t10-/m1/s1. The van der Waals surface area contributed by atoms with Crippen molar-refractivity contribution in [3.63, 3.8) is 0 Å². The van der Waals surface area contributed by atoms with Crippen LogP contribution in [-0.4, -0.2) is 29.8 Å². The molecule has 1 aliphatic heterocycles. The fourth-order valence-electron chi connectivity index (χ4n) is 2.69. The molecule has 23 heavy (non-hydrogen) atoms. The first-order valence-electron chi connectivity index (χ1n) is 7.63. The fraction of sp³-hybridized carbons (Fsp3) is 0.438. The lowest BCUT2D eigenvalue weighted by Gasteiger charge is -2.21. The maximum absolute atomic E-state index is 12.0. The SMILES string of the molecule is COc1ccc(N[C@H](C)c2nnc(C)o2)cc1N1CCCC1=O. The van der Waals surface area contributed by atoms with Crippen molar-refractivity contribution >= 4 is 17.3 Å². The zero-order chi connectivity index (χ0) is 16.4. The van der Waals surface area contributed by atoms with Crippen LogP contribution in [0.4, 0.5) is 11.4 Å². The molecule has 7 nitrogen and oxygen atoms in total. The highest BCUT2D eigenvalue weighted by Crippen LogP contribution is 2.34. The molecule has 3 rings (SSSR count). The molecule has 0 bridgehead atoms. The Morgan fingerprint density at radius 2 is 2.22 bits per heavy atom. The molecule has 2 heterocycles. The first-order chi connectivity index (χ1) is 11.1. The number of amides is 1. The number of carbonyl (C=O) groups is 1. The van der Waals surface area contributed by atoms with Crippen molar-refractivity contribution in [2.45, 2.75) is 32.7 Å². The molecule has 0 unspecified atom stereocenters. The van der Waals surface area contributed by atoms with Crippen LogP contribution in [-0.2, 0) is 4.79 Å². The summed E-state index contributed by atoms with van der Waals surface area (Å²) in [7, 11) is 1.61. The van der Waals surface area contributed by atoms with Gasteiger partial charge in [-0.25, -0.2) is 0 Å².